The van der Waals surface area contributed by atoms with Gasteiger partial charge in [0.05, 0.1) is 33.8 Å². The Morgan fingerprint density at radius 1 is 0.444 bits per heavy atom. The number of phosphoric ester groups is 1. The number of rotatable bonds is 59. The van der Waals surface area contributed by atoms with Crippen LogP contribution in [-0.4, -0.2) is 74.3 Å². The van der Waals surface area contributed by atoms with E-state index >= 15 is 0 Å². The van der Waals surface area contributed by atoms with Crippen molar-refractivity contribution in [1.82, 2.24) is 5.32 Å². The Kier molecular flexibility index (Phi) is 57.4. The van der Waals surface area contributed by atoms with E-state index in [0.717, 1.165) is 128 Å². The number of carbonyl (C=O) groups excluding carboxylic acids is 2. The molecule has 0 fully saturated rings. The van der Waals surface area contributed by atoms with Crippen LogP contribution in [0.5, 0.6) is 0 Å². The number of nitrogens with zero attached hydrogens (tertiary/aromatic N) is 1. The minimum atomic E-state index is -4.46. The maximum atomic E-state index is 13.6. The highest BCUT2D eigenvalue weighted by Gasteiger charge is 2.30. The third-order valence-electron chi connectivity index (χ3n) is 14.2. The number of esters is 1. The number of hydrogen-bond acceptors (Lipinski definition) is 6. The van der Waals surface area contributed by atoms with Gasteiger partial charge in [-0.05, 0) is 115 Å². The number of quaternary nitrogens is 1. The van der Waals surface area contributed by atoms with Crippen LogP contribution in [-0.2, 0) is 27.9 Å². The van der Waals surface area contributed by atoms with Crippen molar-refractivity contribution in [2.75, 3.05) is 40.9 Å². The van der Waals surface area contributed by atoms with Gasteiger partial charge >= 0.3 is 13.8 Å². The molecule has 0 saturated heterocycles. The number of ether oxygens (including phenoxy) is 1. The van der Waals surface area contributed by atoms with Crippen LogP contribution in [0.1, 0.15) is 278 Å². The fourth-order valence-electron chi connectivity index (χ4n) is 9.09. The molecule has 10 heteroatoms. The van der Waals surface area contributed by atoms with Gasteiger partial charge in [-0.15, -0.1) is 0 Å². The highest BCUT2D eigenvalue weighted by atomic mass is 31.2. The molecule has 0 spiro atoms. The van der Waals surface area contributed by atoms with Gasteiger partial charge in [0, 0.05) is 12.8 Å². The molecule has 3 atom stereocenters. The summed E-state index contributed by atoms with van der Waals surface area (Å²) in [6.45, 7) is 6.86. The average molecular weight is 1150 g/mol. The van der Waals surface area contributed by atoms with Gasteiger partial charge in [0.2, 0.25) is 5.91 Å². The predicted octanol–water partition coefficient (Wildman–Crippen LogP) is 20.9. The van der Waals surface area contributed by atoms with E-state index < -0.39 is 20.0 Å². The fourth-order valence-corrected chi connectivity index (χ4v) is 9.83. The number of hydrogen-bond donors (Lipinski definition) is 2. The number of nitrogens with one attached hydrogen (secondary N) is 1. The Balaban J connectivity index is 5.11. The van der Waals surface area contributed by atoms with Gasteiger partial charge < -0.3 is 19.4 Å². The quantitative estimate of drug-likeness (QED) is 0.0205. The van der Waals surface area contributed by atoms with Crippen molar-refractivity contribution in [2.45, 2.75) is 290 Å². The third-order valence-corrected chi connectivity index (χ3v) is 15.2. The topological polar surface area (TPSA) is 111 Å². The minimum Gasteiger partial charge on any atom is -0.456 e. The Morgan fingerprint density at radius 2 is 0.790 bits per heavy atom. The van der Waals surface area contributed by atoms with Crippen molar-refractivity contribution < 1.29 is 37.3 Å². The summed E-state index contributed by atoms with van der Waals surface area (Å²) in [4.78, 5) is 37.8. The van der Waals surface area contributed by atoms with Crippen LogP contribution < -0.4 is 5.32 Å². The van der Waals surface area contributed by atoms with Gasteiger partial charge in [-0.25, -0.2) is 4.57 Å². The second-order valence-electron chi connectivity index (χ2n) is 23.3. The maximum absolute atomic E-state index is 13.6. The molecule has 2 N–H and O–H groups in total. The number of carbonyl (C=O) groups is 2. The van der Waals surface area contributed by atoms with Crippen LogP contribution in [0.3, 0.4) is 0 Å². The number of phosphoric acid groups is 1. The van der Waals surface area contributed by atoms with Crippen molar-refractivity contribution in [1.29, 1.82) is 0 Å². The van der Waals surface area contributed by atoms with Crippen LogP contribution in [0.15, 0.2) is 109 Å². The summed E-state index contributed by atoms with van der Waals surface area (Å²) >= 11 is 0. The molecule has 0 aliphatic heterocycles. The lowest BCUT2D eigenvalue weighted by Gasteiger charge is -2.27. The monoisotopic (exact) mass is 1150 g/mol. The van der Waals surface area contributed by atoms with Crippen LogP contribution in [0.25, 0.3) is 0 Å². The van der Waals surface area contributed by atoms with Crippen LogP contribution in [0, 0.1) is 0 Å². The lowest BCUT2D eigenvalue weighted by molar-refractivity contribution is -0.870. The summed E-state index contributed by atoms with van der Waals surface area (Å²) in [6, 6.07) is -0.863. The smallest absolute Gasteiger partial charge is 0.456 e. The molecule has 1 amide bonds. The van der Waals surface area contributed by atoms with E-state index in [9.17, 15) is 19.0 Å². The standard InChI is InChI=1S/C71H125N2O7P/c1-7-10-13-16-19-22-25-27-29-31-32-33-34-35-36-37-38-39-40-42-43-45-48-51-54-57-60-63-70(74)72-68(67-79-81(76,77)78-66-65-73(4,5)6)69(62-59-56-53-50-47-24-21-18-15-12-9-3)80-71(75)64-61-58-55-52-49-46-44-41-30-28-26-23-20-17-14-11-8-2/h10,13,19-20,22-23,27-30,32-33,35-36,38-39,59,62,68-69H,7-9,11-12,14-18,21,24-26,31,34,37,40-58,60-61,63-67H2,1-6H3,(H-,72,74,76,77)/p+1/b13-10-,22-19-,23-20-,29-27-,30-28-,33-32-,36-35-,39-38-,62-59-. The molecule has 0 aromatic heterocycles. The molecular weight excluding hydrogens is 1020 g/mol. The summed E-state index contributed by atoms with van der Waals surface area (Å²) in [6.07, 6.45) is 82.3. The number of unbranched alkanes of at least 4 members (excludes halogenated alkanes) is 27. The van der Waals surface area contributed by atoms with Gasteiger partial charge in [0.1, 0.15) is 19.3 Å². The van der Waals surface area contributed by atoms with Crippen molar-refractivity contribution in [3.8, 4) is 0 Å². The van der Waals surface area contributed by atoms with Crippen molar-refractivity contribution in [2.24, 2.45) is 0 Å². The first kappa shape index (κ1) is 77.7. The maximum Gasteiger partial charge on any atom is 0.472 e. The van der Waals surface area contributed by atoms with E-state index in [1.807, 2.05) is 33.3 Å². The van der Waals surface area contributed by atoms with E-state index in [2.05, 4.69) is 123 Å². The molecule has 0 aromatic rings. The molecule has 0 radical (unpaired) electrons. The number of amides is 1. The summed E-state index contributed by atoms with van der Waals surface area (Å²) in [5.41, 5.74) is 0. The molecular formula is C71H126N2O7P+. The van der Waals surface area contributed by atoms with E-state index in [4.69, 9.17) is 13.8 Å². The predicted molar refractivity (Wildman–Crippen MR) is 350 cm³/mol. The van der Waals surface area contributed by atoms with Gasteiger partial charge in [0.15, 0.2) is 0 Å². The van der Waals surface area contributed by atoms with Crippen LogP contribution in [0.2, 0.25) is 0 Å². The normalized spacial score (nSPS) is 14.3. The van der Waals surface area contributed by atoms with E-state index in [-0.39, 0.29) is 31.5 Å². The Bertz CT molecular complexity index is 1750. The molecule has 0 aromatic carbocycles. The van der Waals surface area contributed by atoms with Gasteiger partial charge in [-0.2, -0.15) is 0 Å². The summed E-state index contributed by atoms with van der Waals surface area (Å²) < 4.78 is 30.7. The zero-order valence-electron chi connectivity index (χ0n) is 53.2. The van der Waals surface area contributed by atoms with Crippen molar-refractivity contribution in [3.63, 3.8) is 0 Å². The zero-order chi connectivity index (χ0) is 59.3. The molecule has 3 unspecified atom stereocenters. The lowest BCUT2D eigenvalue weighted by Crippen LogP contribution is -2.47. The van der Waals surface area contributed by atoms with Crippen molar-refractivity contribution in [3.05, 3.63) is 109 Å². The second-order valence-corrected chi connectivity index (χ2v) is 24.7. The average Bonchev–Trinajstić information content (AvgIpc) is 3.43. The van der Waals surface area contributed by atoms with Gasteiger partial charge in [-0.3, -0.25) is 18.6 Å². The first-order chi connectivity index (χ1) is 39.4. The van der Waals surface area contributed by atoms with Crippen LogP contribution in [0.4, 0.5) is 0 Å². The van der Waals surface area contributed by atoms with Crippen molar-refractivity contribution >= 4 is 19.7 Å². The van der Waals surface area contributed by atoms with E-state index in [1.54, 1.807) is 0 Å². The zero-order valence-corrected chi connectivity index (χ0v) is 54.1. The minimum absolute atomic E-state index is 0.0321. The first-order valence-electron chi connectivity index (χ1n) is 33.2. The molecule has 0 rings (SSSR count). The second kappa shape index (κ2) is 59.8. The lowest BCUT2D eigenvalue weighted by atomic mass is 10.0. The third kappa shape index (κ3) is 61.1. The molecule has 81 heavy (non-hydrogen) atoms. The highest BCUT2D eigenvalue weighted by Crippen LogP contribution is 2.43. The van der Waals surface area contributed by atoms with E-state index in [0.29, 0.717) is 17.4 Å². The molecule has 0 saturated carbocycles. The molecule has 9 nitrogen and oxygen atoms in total. The van der Waals surface area contributed by atoms with Gasteiger partial charge in [-0.1, -0.05) is 259 Å². The van der Waals surface area contributed by atoms with Gasteiger partial charge in [0.25, 0.3) is 0 Å². The molecule has 0 heterocycles. The molecule has 0 aliphatic rings. The fraction of sp³-hybridized carbons (Fsp3) is 0.718. The summed E-state index contributed by atoms with van der Waals surface area (Å²) in [7, 11) is 1.47. The Labute approximate surface area is 500 Å². The van der Waals surface area contributed by atoms with Crippen LogP contribution >= 0.6 is 7.82 Å². The molecule has 466 valence electrons. The molecule has 0 aliphatic carbocycles. The summed E-state index contributed by atoms with van der Waals surface area (Å²) in [5, 5.41) is 3.05. The highest BCUT2D eigenvalue weighted by molar-refractivity contribution is 7.47. The number of allylic oxidation sites excluding steroid dienone is 17. The first-order valence-corrected chi connectivity index (χ1v) is 34.7. The molecule has 0 bridgehead atoms. The summed E-state index contributed by atoms with van der Waals surface area (Å²) in [5.74, 6) is -0.527. The SMILES string of the molecule is CC/C=C\C/C=C\C/C=C\C/C=C\C/C=C\C/C=C\CCCCCCCCCCC(=O)NC(COP(=O)(O)OCC[N+](C)(C)C)C(/C=C\CCCCCCCCCCC)OC(=O)CCCCCCCCC/C=C\C/C=C\CCCCC. The van der Waals surface area contributed by atoms with E-state index in [1.165, 1.54) is 116 Å². The number of likely N-dealkylation sites (N-methyl/N-ethyl adjacent to an activating group) is 1. The Morgan fingerprint density at radius 3 is 1.21 bits per heavy atom. The Hall–Kier alpha value is -3.33. The largest absolute Gasteiger partial charge is 0.472 e.